The SMILES string of the molecule is C[Si](C)(C)[Si][Si](C)(C)[Si](C)(C)[Si]. The first-order valence-electron chi connectivity index (χ1n) is 4.50. The minimum atomic E-state index is -1.00. The highest BCUT2D eigenvalue weighted by Gasteiger charge is 2.39. The average Bonchev–Trinajstić information content (AvgIpc) is 1.52. The van der Waals surface area contributed by atoms with Crippen LogP contribution < -0.4 is 0 Å². The summed E-state index contributed by atoms with van der Waals surface area (Å²) in [5.41, 5.74) is 0. The first-order chi connectivity index (χ1) is 4.96. The zero-order chi connectivity index (χ0) is 10.2. The molecule has 0 aromatic rings. The maximum atomic E-state index is 4.04. The van der Waals surface area contributed by atoms with Crippen LogP contribution in [0.4, 0.5) is 0 Å². The fourth-order valence-electron chi connectivity index (χ4n) is 1.09. The van der Waals surface area contributed by atoms with Gasteiger partial charge in [0.25, 0.3) is 0 Å². The van der Waals surface area contributed by atoms with E-state index < -0.39 is 21.8 Å². The first kappa shape index (κ1) is 13.1. The summed E-state index contributed by atoms with van der Waals surface area (Å²) in [6, 6.07) is 0. The summed E-state index contributed by atoms with van der Waals surface area (Å²) < 4.78 is 0. The van der Waals surface area contributed by atoms with E-state index in [0.29, 0.717) is 0 Å². The highest BCUT2D eigenvalue weighted by molar-refractivity contribution is 7.78. The van der Waals surface area contributed by atoms with Crippen LogP contribution in [0, 0.1) is 0 Å². The Bertz CT molecular complexity index is 150. The predicted octanol–water partition coefficient (Wildman–Crippen LogP) is 2.18. The molecule has 0 fully saturated rings. The largest absolute Gasteiger partial charge is 0.0740 e. The second-order valence-electron chi connectivity index (χ2n) is 5.62. The van der Waals surface area contributed by atoms with E-state index in [0.717, 1.165) is 0 Å². The van der Waals surface area contributed by atoms with Gasteiger partial charge in [0.15, 0.2) is 0 Å². The lowest BCUT2D eigenvalue weighted by molar-refractivity contribution is 1.85. The van der Waals surface area contributed by atoms with Gasteiger partial charge in [-0.05, 0) is 0 Å². The Morgan fingerprint density at radius 1 is 0.833 bits per heavy atom. The molecule has 0 rings (SSSR count). The summed E-state index contributed by atoms with van der Waals surface area (Å²) in [4.78, 5) is 0. The van der Waals surface area contributed by atoms with Crippen molar-refractivity contribution in [1.82, 2.24) is 0 Å². The Kier molecular flexibility index (Phi) is 4.01. The highest BCUT2D eigenvalue weighted by atomic mass is 29.9. The van der Waals surface area contributed by atoms with Gasteiger partial charge in [-0.15, -0.1) is 0 Å². The molecule has 0 spiro atoms. The molecule has 0 unspecified atom stereocenters. The van der Waals surface area contributed by atoms with Crippen molar-refractivity contribution in [2.75, 3.05) is 0 Å². The van der Waals surface area contributed by atoms with Crippen LogP contribution in [0.1, 0.15) is 0 Å². The van der Waals surface area contributed by atoms with Crippen molar-refractivity contribution in [3.05, 3.63) is 0 Å². The third-order valence-electron chi connectivity index (χ3n) is 2.25. The normalized spacial score (nSPS) is 15.0. The quantitative estimate of drug-likeness (QED) is 0.669. The molecule has 0 aliphatic heterocycles. The Balaban J connectivity index is 4.44. The van der Waals surface area contributed by atoms with Crippen LogP contribution in [0.2, 0.25) is 45.8 Å². The molecule has 0 nitrogen and oxygen atoms in total. The van der Waals surface area contributed by atoms with Crippen LogP contribution in [0.3, 0.4) is 0 Å². The molecule has 0 heterocycles. The van der Waals surface area contributed by atoms with Gasteiger partial charge in [0, 0.05) is 40.1 Å². The third kappa shape index (κ3) is 4.36. The minimum Gasteiger partial charge on any atom is -0.0740 e. The Morgan fingerprint density at radius 2 is 1.17 bits per heavy atom. The number of hydrogen-bond donors (Lipinski definition) is 0. The van der Waals surface area contributed by atoms with Crippen LogP contribution in [0.5, 0.6) is 0 Å². The average molecular weight is 246 g/mol. The van der Waals surface area contributed by atoms with Gasteiger partial charge >= 0.3 is 0 Å². The topological polar surface area (TPSA) is 0 Å². The zero-order valence-electron chi connectivity index (χ0n) is 9.50. The zero-order valence-corrected chi connectivity index (χ0v) is 14.5. The number of hydrogen-bond acceptors (Lipinski definition) is 0. The van der Waals surface area contributed by atoms with Gasteiger partial charge in [-0.3, -0.25) is 0 Å². The summed E-state index contributed by atoms with van der Waals surface area (Å²) in [6.45, 7) is 17.6. The molecular weight excluding hydrogens is 225 g/mol. The molecule has 69 valence electrons. The summed E-state index contributed by atoms with van der Waals surface area (Å²) in [5.74, 6) is 0. The van der Waals surface area contributed by atoms with Crippen molar-refractivity contribution in [3.8, 4) is 0 Å². The van der Waals surface area contributed by atoms with E-state index in [1.54, 1.807) is 0 Å². The second kappa shape index (κ2) is 3.68. The van der Waals surface area contributed by atoms with Crippen molar-refractivity contribution in [2.45, 2.75) is 45.8 Å². The van der Waals surface area contributed by atoms with Crippen LogP contribution in [-0.2, 0) is 0 Å². The third-order valence-corrected chi connectivity index (χ3v) is 49.5. The lowest BCUT2D eigenvalue weighted by atomic mass is 11.8. The van der Waals surface area contributed by atoms with Crippen LogP contribution >= 0.6 is 0 Å². The molecule has 0 aliphatic rings. The minimum absolute atomic E-state index is 0.809. The van der Waals surface area contributed by atoms with Crippen LogP contribution in [0.25, 0.3) is 0 Å². The first-order valence-corrected chi connectivity index (χ1v) is 19.5. The van der Waals surface area contributed by atoms with Gasteiger partial charge in [0.05, 0.1) is 0 Å². The molecule has 12 heavy (non-hydrogen) atoms. The van der Waals surface area contributed by atoms with Crippen LogP contribution in [0.15, 0.2) is 0 Å². The monoisotopic (exact) mass is 245 g/mol. The van der Waals surface area contributed by atoms with Gasteiger partial charge in [-0.2, -0.15) is 0 Å². The fourth-order valence-corrected chi connectivity index (χ4v) is 53.2. The molecular formula is C7H21Si5. The van der Waals surface area contributed by atoms with Crippen molar-refractivity contribution in [3.63, 3.8) is 0 Å². The Morgan fingerprint density at radius 3 is 1.25 bits per heavy atom. The van der Waals surface area contributed by atoms with Gasteiger partial charge in [0.2, 0.25) is 0 Å². The molecule has 0 bridgehead atoms. The van der Waals surface area contributed by atoms with Gasteiger partial charge in [-0.1, -0.05) is 45.8 Å². The maximum Gasteiger partial charge on any atom is 0.0295 e. The van der Waals surface area contributed by atoms with Crippen molar-refractivity contribution < 1.29 is 0 Å². The predicted molar refractivity (Wildman–Crippen MR) is 69.8 cm³/mol. The standard InChI is InChI=1S/C7H21Si5/c1-10(2,3)9-12(6,7)11(4,5)8/h1-7H3. The van der Waals surface area contributed by atoms with Crippen LogP contribution in [-0.4, -0.2) is 40.1 Å². The van der Waals surface area contributed by atoms with E-state index >= 15 is 0 Å². The summed E-state index contributed by atoms with van der Waals surface area (Å²) in [6.07, 6.45) is 0. The lowest BCUT2D eigenvalue weighted by Gasteiger charge is -2.39. The van der Waals surface area contributed by atoms with E-state index in [1.165, 1.54) is 8.55 Å². The number of rotatable bonds is 3. The van der Waals surface area contributed by atoms with Crippen molar-refractivity contribution >= 4 is 40.1 Å². The van der Waals surface area contributed by atoms with E-state index in [4.69, 9.17) is 0 Å². The molecule has 0 amide bonds. The van der Waals surface area contributed by atoms with E-state index in [1.807, 2.05) is 0 Å². The summed E-state index contributed by atoms with van der Waals surface area (Å²) in [5, 5.41) is 0. The van der Waals surface area contributed by atoms with Crippen molar-refractivity contribution in [2.24, 2.45) is 0 Å². The Hall–Kier alpha value is 1.08. The summed E-state index contributed by atoms with van der Waals surface area (Å²) >= 11 is 0. The van der Waals surface area contributed by atoms with E-state index in [2.05, 4.69) is 55.6 Å². The molecule has 0 N–H and O–H groups in total. The second-order valence-corrected chi connectivity index (χ2v) is 42.4. The molecule has 0 atom stereocenters. The van der Waals surface area contributed by atoms with Gasteiger partial charge < -0.3 is 0 Å². The molecule has 0 aromatic carbocycles. The van der Waals surface area contributed by atoms with Gasteiger partial charge in [-0.25, -0.2) is 0 Å². The maximum absolute atomic E-state index is 4.04. The molecule has 0 saturated carbocycles. The smallest absolute Gasteiger partial charge is 0.0295 e. The molecule has 0 aliphatic carbocycles. The lowest BCUT2D eigenvalue weighted by Crippen LogP contribution is -2.65. The molecule has 5 heteroatoms. The highest BCUT2D eigenvalue weighted by Crippen LogP contribution is 2.17. The van der Waals surface area contributed by atoms with E-state index in [9.17, 15) is 0 Å². The molecule has 0 aromatic heterocycles. The van der Waals surface area contributed by atoms with Gasteiger partial charge in [0.1, 0.15) is 0 Å². The summed E-state index contributed by atoms with van der Waals surface area (Å²) in [7, 11) is 2.63. The van der Waals surface area contributed by atoms with E-state index in [-0.39, 0.29) is 0 Å². The Labute approximate surface area is 86.0 Å². The molecule has 5 radical (unpaired) electrons. The fraction of sp³-hybridized carbons (Fsp3) is 1.00. The molecule has 0 saturated heterocycles. The van der Waals surface area contributed by atoms with Crippen molar-refractivity contribution in [1.29, 1.82) is 0 Å².